The molecule has 0 radical (unpaired) electrons. The highest BCUT2D eigenvalue weighted by Crippen LogP contribution is 2.38. The molecule has 5 heterocycles. The summed E-state index contributed by atoms with van der Waals surface area (Å²) in [7, 11) is 4.37. The molecule has 0 bridgehead atoms. The fourth-order valence-electron chi connectivity index (χ4n) is 13.6. The Morgan fingerprint density at radius 1 is 0.598 bits per heavy atom. The van der Waals surface area contributed by atoms with Crippen LogP contribution in [0.2, 0.25) is 0 Å². The molecule has 7 aromatic rings. The van der Waals surface area contributed by atoms with Crippen molar-refractivity contribution in [3.8, 4) is 22.3 Å². The fourth-order valence-corrected chi connectivity index (χ4v) is 13.6. The van der Waals surface area contributed by atoms with Crippen molar-refractivity contribution in [3.05, 3.63) is 173 Å². The number of rotatable bonds is 17. The number of benzene rings is 4. The molecule has 87 heavy (non-hydrogen) atoms. The van der Waals surface area contributed by atoms with E-state index < -0.39 is 0 Å². The number of aromatic amines is 2. The number of amides is 2. The summed E-state index contributed by atoms with van der Waals surface area (Å²) >= 11 is 0. The molecule has 0 spiro atoms. The number of hydrogen-bond acceptors (Lipinski definition) is 10. The number of anilines is 1. The van der Waals surface area contributed by atoms with Crippen LogP contribution >= 0.6 is 0 Å². The molecule has 4 N–H and O–H groups in total. The van der Waals surface area contributed by atoms with Gasteiger partial charge in [-0.25, -0.2) is 0 Å². The van der Waals surface area contributed by atoms with Crippen molar-refractivity contribution in [3.63, 3.8) is 0 Å². The molecule has 4 aliphatic rings. The molecular formula is C72H98N10O5. The topological polar surface area (TPSA) is 164 Å². The van der Waals surface area contributed by atoms with Crippen LogP contribution in [0.3, 0.4) is 0 Å². The van der Waals surface area contributed by atoms with Gasteiger partial charge in [-0.05, 0) is 207 Å². The third-order valence-electron chi connectivity index (χ3n) is 18.5. The van der Waals surface area contributed by atoms with Gasteiger partial charge >= 0.3 is 0 Å². The van der Waals surface area contributed by atoms with Crippen LogP contribution < -0.4 is 26.7 Å². The van der Waals surface area contributed by atoms with Gasteiger partial charge in [0.2, 0.25) is 0 Å². The molecule has 2 saturated carbocycles. The van der Waals surface area contributed by atoms with Crippen molar-refractivity contribution in [1.29, 1.82) is 0 Å². The average Bonchev–Trinajstić information content (AvgIpc) is 1.89. The lowest BCUT2D eigenvalue weighted by molar-refractivity contribution is 0.0342. The first kappa shape index (κ1) is 65.8. The highest BCUT2D eigenvalue weighted by molar-refractivity contribution is 6.08. The summed E-state index contributed by atoms with van der Waals surface area (Å²) in [6.45, 7) is 20.8. The number of carbonyl (C=O) groups is 2. The quantitative estimate of drug-likeness (QED) is 0.0690. The highest BCUT2D eigenvalue weighted by atomic mass is 16.5. The lowest BCUT2D eigenvalue weighted by atomic mass is 9.88. The van der Waals surface area contributed by atoms with E-state index >= 15 is 0 Å². The minimum Gasteiger partial charge on any atom is -0.379 e. The number of nitrogens with zero attached hydrogens (tertiary/aromatic N) is 6. The number of fused-ring (bicyclic) bond motifs is 1. The van der Waals surface area contributed by atoms with Crippen LogP contribution in [-0.4, -0.2) is 118 Å². The number of hydrogen-bond donors (Lipinski definition) is 4. The Bertz CT molecular complexity index is 3560. The minimum absolute atomic E-state index is 0. The summed E-state index contributed by atoms with van der Waals surface area (Å²) in [5.41, 5.74) is 15.4. The Morgan fingerprint density at radius 2 is 1.09 bits per heavy atom. The summed E-state index contributed by atoms with van der Waals surface area (Å²) in [5, 5.41) is 11.7. The fraction of sp³-hybridized carbons (Fsp3) is 0.486. The summed E-state index contributed by atoms with van der Waals surface area (Å²) in [5.74, 6) is -0.356. The zero-order valence-corrected chi connectivity index (χ0v) is 51.7. The van der Waals surface area contributed by atoms with E-state index in [4.69, 9.17) is 9.84 Å². The molecule has 15 nitrogen and oxygen atoms in total. The first-order valence-electron chi connectivity index (χ1n) is 31.4. The second-order valence-electron chi connectivity index (χ2n) is 24.7. The number of pyridine rings is 2. The summed E-state index contributed by atoms with van der Waals surface area (Å²) in [4.78, 5) is 68.3. The predicted octanol–water partition coefficient (Wildman–Crippen LogP) is 12.7. The van der Waals surface area contributed by atoms with Gasteiger partial charge in [0.25, 0.3) is 22.9 Å². The molecule has 2 aliphatic heterocycles. The van der Waals surface area contributed by atoms with Crippen molar-refractivity contribution in [2.24, 2.45) is 0 Å². The largest absolute Gasteiger partial charge is 0.379 e. The highest BCUT2D eigenvalue weighted by Gasteiger charge is 2.29. The van der Waals surface area contributed by atoms with Crippen LogP contribution in [0.15, 0.2) is 101 Å². The molecule has 0 atom stereocenters. The zero-order chi connectivity index (χ0) is 59.7. The summed E-state index contributed by atoms with van der Waals surface area (Å²) < 4.78 is 7.60. The molecule has 466 valence electrons. The third-order valence-corrected chi connectivity index (χ3v) is 18.5. The number of likely N-dealkylation sites (tertiary alicyclic amines) is 1. The molecule has 3 aromatic heterocycles. The number of aryl methyl sites for hydroxylation is 4. The lowest BCUT2D eigenvalue weighted by Gasteiger charge is -2.40. The SMILES string of the molecule is C.C.CCN(c1cc(-c2ccc(CN3CCCCC3)cc2)cc(C(=O)NCc2c(C)cc(C)[nH]c2=O)c1C)C1CCC(N(C)C)CC1.Cc1cc(C)c(CNC(=O)c2cc(-c3ccc(CN4CCOCC4)cc3)cc3c2cnn3C2CCCC2)c(=O)[nH]1. The predicted molar refractivity (Wildman–Crippen MR) is 356 cm³/mol. The molecule has 2 aliphatic carbocycles. The third kappa shape index (κ3) is 15.9. The van der Waals surface area contributed by atoms with E-state index in [9.17, 15) is 19.2 Å². The molecule has 4 aromatic carbocycles. The van der Waals surface area contributed by atoms with E-state index in [2.05, 4.69) is 133 Å². The van der Waals surface area contributed by atoms with E-state index in [1.165, 1.54) is 69.2 Å². The number of piperidine rings is 1. The van der Waals surface area contributed by atoms with Crippen molar-refractivity contribution < 1.29 is 14.3 Å². The maximum absolute atomic E-state index is 13.9. The van der Waals surface area contributed by atoms with Gasteiger partial charge in [0, 0.05) is 97.0 Å². The number of nitrogens with one attached hydrogen (secondary N) is 4. The van der Waals surface area contributed by atoms with Gasteiger partial charge in [-0.2, -0.15) is 5.10 Å². The molecule has 15 heteroatoms. The zero-order valence-electron chi connectivity index (χ0n) is 51.7. The van der Waals surface area contributed by atoms with Gasteiger partial charge in [0.1, 0.15) is 0 Å². The molecule has 2 amide bonds. The van der Waals surface area contributed by atoms with E-state index in [1.54, 1.807) is 0 Å². The monoisotopic (exact) mass is 1180 g/mol. The van der Waals surface area contributed by atoms with Gasteiger partial charge < -0.3 is 35.1 Å². The van der Waals surface area contributed by atoms with Crippen molar-refractivity contribution in [2.75, 3.05) is 64.9 Å². The van der Waals surface area contributed by atoms with Crippen LogP contribution in [0, 0.1) is 34.6 Å². The Kier molecular flexibility index (Phi) is 22.8. The standard InChI is InChI=1S/C38H53N5O2.C32H37N5O3.2CH4/c1-7-43(33-17-15-32(16-18-33)41(5)6)36-23-31(30-13-11-29(12-14-30)25-42-19-9-8-10-20-42)22-34(28(36)4)37(44)39-24-35-26(2)21-27(3)40-38(35)45;1-21-15-22(2)35-32(39)28(21)18-33-31(38)27-16-25(17-30-29(27)19-34-37(30)26-5-3-4-6-26)24-9-7-23(8-10-24)20-36-11-13-40-14-12-36;;/h11-14,21-23,32-33H,7-10,15-20,24-25H2,1-6H3,(H,39,44)(H,40,45);7-10,15-17,19,26H,3-6,11-14,18,20H2,1-2H3,(H,33,38)(H,35,39);2*1H4. The van der Waals surface area contributed by atoms with Gasteiger partial charge in [-0.3, -0.25) is 33.7 Å². The second kappa shape index (κ2) is 30.2. The number of aromatic nitrogens is 4. The Morgan fingerprint density at radius 3 is 1.61 bits per heavy atom. The number of carbonyl (C=O) groups excluding carboxylic acids is 2. The van der Waals surface area contributed by atoms with Gasteiger partial charge in [-0.1, -0.05) is 82.6 Å². The average molecular weight is 1180 g/mol. The van der Waals surface area contributed by atoms with Gasteiger partial charge in [-0.15, -0.1) is 0 Å². The van der Waals surface area contributed by atoms with Crippen LogP contribution in [0.5, 0.6) is 0 Å². The van der Waals surface area contributed by atoms with Crippen molar-refractivity contribution in [1.82, 2.24) is 45.1 Å². The first-order chi connectivity index (χ1) is 41.1. The number of morpholine rings is 1. The van der Waals surface area contributed by atoms with Crippen molar-refractivity contribution >= 4 is 28.4 Å². The summed E-state index contributed by atoms with van der Waals surface area (Å²) in [6, 6.07) is 31.3. The van der Waals surface area contributed by atoms with Crippen LogP contribution in [-0.2, 0) is 30.9 Å². The number of ether oxygens (including phenoxy) is 1. The van der Waals surface area contributed by atoms with Gasteiger partial charge in [0.15, 0.2) is 0 Å². The second-order valence-corrected chi connectivity index (χ2v) is 24.7. The Balaban J connectivity index is 0.000000222. The minimum atomic E-state index is -0.207. The van der Waals surface area contributed by atoms with E-state index in [1.807, 2.05) is 58.2 Å². The Hall–Kier alpha value is -7.17. The molecular weight excluding hydrogens is 1080 g/mol. The molecule has 0 unspecified atom stereocenters. The van der Waals surface area contributed by atoms with E-state index in [0.717, 1.165) is 139 Å². The molecule has 4 fully saturated rings. The smallest absolute Gasteiger partial charge is 0.253 e. The van der Waals surface area contributed by atoms with E-state index in [-0.39, 0.29) is 50.9 Å². The van der Waals surface area contributed by atoms with Crippen LogP contribution in [0.4, 0.5) is 5.69 Å². The summed E-state index contributed by atoms with van der Waals surface area (Å²) in [6.07, 6.45) is 15.0. The van der Waals surface area contributed by atoms with Crippen molar-refractivity contribution in [2.45, 2.75) is 171 Å². The maximum atomic E-state index is 13.9. The number of H-pyrrole nitrogens is 2. The Labute approximate surface area is 517 Å². The maximum Gasteiger partial charge on any atom is 0.253 e. The van der Waals surface area contributed by atoms with Crippen LogP contribution in [0.1, 0.15) is 169 Å². The molecule has 2 saturated heterocycles. The van der Waals surface area contributed by atoms with Gasteiger partial charge in [0.05, 0.1) is 36.5 Å². The first-order valence-corrected chi connectivity index (χ1v) is 31.4. The van der Waals surface area contributed by atoms with E-state index in [0.29, 0.717) is 40.4 Å². The lowest BCUT2D eigenvalue weighted by Crippen LogP contribution is -2.42. The normalized spacial score (nSPS) is 17.5. The van der Waals surface area contributed by atoms with Crippen LogP contribution in [0.25, 0.3) is 33.2 Å². The molecule has 11 rings (SSSR count).